The predicted octanol–water partition coefficient (Wildman–Crippen LogP) is 2.40. The van der Waals surface area contributed by atoms with E-state index in [9.17, 15) is 0 Å². The van der Waals surface area contributed by atoms with E-state index in [-0.39, 0.29) is 31.4 Å². The molecule has 2 rings (SSSR count). The summed E-state index contributed by atoms with van der Waals surface area (Å²) in [5, 5.41) is 16.3. The van der Waals surface area contributed by atoms with Crippen molar-refractivity contribution in [3.63, 3.8) is 0 Å². The second-order valence-corrected chi connectivity index (χ2v) is 4.63. The Hall–Kier alpha value is -1.43. The van der Waals surface area contributed by atoms with Crippen LogP contribution < -0.4 is 10.2 Å². The smallest absolute Gasteiger partial charge is 0.0729 e. The Morgan fingerprint density at radius 2 is 1.86 bits per heavy atom. The first-order valence-corrected chi connectivity index (χ1v) is 6.32. The Bertz CT molecular complexity index is 514. The summed E-state index contributed by atoms with van der Waals surface area (Å²) in [6.07, 6.45) is 3.66. The number of nitrogens with one attached hydrogen (secondary N) is 1. The normalized spacial score (nSPS) is 9.48. The van der Waals surface area contributed by atoms with Crippen LogP contribution in [0, 0.1) is 0 Å². The third-order valence-electron chi connectivity index (χ3n) is 2.91. The fraction of sp³-hybridized carbons (Fsp3) is 0.357. The van der Waals surface area contributed by atoms with E-state index in [1.165, 1.54) is 11.3 Å². The van der Waals surface area contributed by atoms with Crippen LogP contribution in [0.5, 0.6) is 0 Å². The van der Waals surface area contributed by atoms with E-state index in [1.54, 1.807) is 10.9 Å². The van der Waals surface area contributed by atoms with E-state index < -0.39 is 0 Å². The van der Waals surface area contributed by atoms with Crippen LogP contribution >= 0.6 is 24.8 Å². The van der Waals surface area contributed by atoms with Gasteiger partial charge in [0.2, 0.25) is 0 Å². The van der Waals surface area contributed by atoms with Crippen molar-refractivity contribution in [1.29, 1.82) is 0 Å². The van der Waals surface area contributed by atoms with E-state index in [0.29, 0.717) is 6.54 Å². The van der Waals surface area contributed by atoms with E-state index in [2.05, 4.69) is 39.6 Å². The summed E-state index contributed by atoms with van der Waals surface area (Å²) >= 11 is 0. The molecule has 0 bridgehead atoms. The first-order chi connectivity index (χ1) is 9.19. The van der Waals surface area contributed by atoms with Crippen LogP contribution in [0.25, 0.3) is 0 Å². The lowest BCUT2D eigenvalue weighted by molar-refractivity contribution is 0.269. The highest BCUT2D eigenvalue weighted by molar-refractivity contribution is 5.85. The van der Waals surface area contributed by atoms with Gasteiger partial charge in [-0.05, 0) is 17.7 Å². The average Bonchev–Trinajstić information content (AvgIpc) is 2.85. The van der Waals surface area contributed by atoms with Crippen molar-refractivity contribution in [3.8, 4) is 0 Å². The molecule has 0 amide bonds. The van der Waals surface area contributed by atoms with Crippen LogP contribution in [0.15, 0.2) is 36.7 Å². The van der Waals surface area contributed by atoms with Crippen molar-refractivity contribution in [2.45, 2.75) is 13.1 Å². The number of rotatable bonds is 6. The number of anilines is 2. The van der Waals surface area contributed by atoms with Gasteiger partial charge in [-0.3, -0.25) is 4.68 Å². The quantitative estimate of drug-likeness (QED) is 0.852. The molecule has 0 aliphatic rings. The average molecular weight is 333 g/mol. The number of aliphatic hydroxyl groups excluding tert-OH is 1. The number of aromatic nitrogens is 2. The fourth-order valence-corrected chi connectivity index (χ4v) is 1.80. The topological polar surface area (TPSA) is 53.3 Å². The van der Waals surface area contributed by atoms with Gasteiger partial charge in [0, 0.05) is 32.5 Å². The zero-order valence-electron chi connectivity index (χ0n) is 12.2. The van der Waals surface area contributed by atoms with Crippen molar-refractivity contribution in [2.24, 2.45) is 0 Å². The summed E-state index contributed by atoms with van der Waals surface area (Å²) in [5.74, 6) is 0. The molecule has 0 atom stereocenters. The lowest BCUT2D eigenvalue weighted by atomic mass is 10.2. The number of nitrogens with zero attached hydrogens (tertiary/aromatic N) is 3. The highest BCUT2D eigenvalue weighted by Crippen LogP contribution is 2.13. The lowest BCUT2D eigenvalue weighted by Crippen LogP contribution is -2.08. The van der Waals surface area contributed by atoms with Gasteiger partial charge < -0.3 is 15.3 Å². The molecule has 118 valence electrons. The van der Waals surface area contributed by atoms with Gasteiger partial charge in [0.1, 0.15) is 0 Å². The maximum atomic E-state index is 8.82. The van der Waals surface area contributed by atoms with E-state index in [0.717, 1.165) is 12.2 Å². The Labute approximate surface area is 137 Å². The summed E-state index contributed by atoms with van der Waals surface area (Å²) in [5.41, 5.74) is 3.38. The third-order valence-corrected chi connectivity index (χ3v) is 2.91. The standard InChI is InChI=1S/C14H20N4O.2ClH/c1-17(2)14-5-3-12(4-6-14)9-15-13-10-16-18(11-13)7-8-19;;/h3-6,10-11,15,19H,7-9H2,1-2H3;2*1H. The lowest BCUT2D eigenvalue weighted by Gasteiger charge is -2.12. The van der Waals surface area contributed by atoms with Gasteiger partial charge in [0.15, 0.2) is 0 Å². The molecule has 0 aliphatic heterocycles. The van der Waals surface area contributed by atoms with Crippen LogP contribution in [-0.2, 0) is 13.1 Å². The number of hydrogen-bond donors (Lipinski definition) is 2. The summed E-state index contributed by atoms with van der Waals surface area (Å²) < 4.78 is 1.72. The van der Waals surface area contributed by atoms with Crippen LogP contribution in [-0.4, -0.2) is 35.6 Å². The van der Waals surface area contributed by atoms with Gasteiger partial charge in [-0.2, -0.15) is 5.10 Å². The van der Waals surface area contributed by atoms with Gasteiger partial charge in [-0.25, -0.2) is 0 Å². The van der Waals surface area contributed by atoms with Crippen molar-refractivity contribution in [3.05, 3.63) is 42.2 Å². The first kappa shape index (κ1) is 19.6. The molecule has 2 N–H and O–H groups in total. The molecule has 2 aromatic rings. The van der Waals surface area contributed by atoms with Gasteiger partial charge in [0.25, 0.3) is 0 Å². The van der Waals surface area contributed by atoms with E-state index in [4.69, 9.17) is 5.11 Å². The minimum absolute atomic E-state index is 0. The summed E-state index contributed by atoms with van der Waals surface area (Å²) in [6, 6.07) is 8.43. The molecule has 0 radical (unpaired) electrons. The molecule has 0 fully saturated rings. The highest BCUT2D eigenvalue weighted by atomic mass is 35.5. The minimum atomic E-state index is 0. The van der Waals surface area contributed by atoms with Gasteiger partial charge in [-0.15, -0.1) is 24.8 Å². The molecule has 7 heteroatoms. The molecule has 0 unspecified atom stereocenters. The number of halogens is 2. The summed E-state index contributed by atoms with van der Waals surface area (Å²) in [6.45, 7) is 1.39. The molecule has 1 heterocycles. The highest BCUT2D eigenvalue weighted by Gasteiger charge is 1.99. The van der Waals surface area contributed by atoms with E-state index >= 15 is 0 Å². The summed E-state index contributed by atoms with van der Waals surface area (Å²) in [4.78, 5) is 2.08. The van der Waals surface area contributed by atoms with Gasteiger partial charge in [-0.1, -0.05) is 12.1 Å². The molecular weight excluding hydrogens is 311 g/mol. The van der Waals surface area contributed by atoms with E-state index in [1.807, 2.05) is 20.3 Å². The van der Waals surface area contributed by atoms with Crippen LogP contribution in [0.2, 0.25) is 0 Å². The molecule has 0 spiro atoms. The second-order valence-electron chi connectivity index (χ2n) is 4.63. The first-order valence-electron chi connectivity index (χ1n) is 6.32. The number of aliphatic hydroxyl groups is 1. The van der Waals surface area contributed by atoms with Gasteiger partial charge in [0.05, 0.1) is 25.0 Å². The minimum Gasteiger partial charge on any atom is -0.394 e. The number of benzene rings is 1. The van der Waals surface area contributed by atoms with Crippen LogP contribution in [0.1, 0.15) is 5.56 Å². The predicted molar refractivity (Wildman–Crippen MR) is 91.9 cm³/mol. The maximum absolute atomic E-state index is 8.82. The number of hydrogen-bond acceptors (Lipinski definition) is 4. The molecular formula is C14H22Cl2N4O. The summed E-state index contributed by atoms with van der Waals surface area (Å²) in [7, 11) is 4.06. The second kappa shape index (κ2) is 9.50. The maximum Gasteiger partial charge on any atom is 0.0729 e. The SMILES string of the molecule is CN(C)c1ccc(CNc2cnn(CCO)c2)cc1.Cl.Cl. The molecule has 0 saturated carbocycles. The Morgan fingerprint density at radius 3 is 2.43 bits per heavy atom. The zero-order valence-corrected chi connectivity index (χ0v) is 13.8. The van der Waals surface area contributed by atoms with Crippen molar-refractivity contribution in [1.82, 2.24) is 9.78 Å². The largest absolute Gasteiger partial charge is 0.394 e. The Balaban J connectivity index is 0.00000200. The molecule has 5 nitrogen and oxygen atoms in total. The van der Waals surface area contributed by atoms with Gasteiger partial charge >= 0.3 is 0 Å². The van der Waals surface area contributed by atoms with Crippen LogP contribution in [0.3, 0.4) is 0 Å². The monoisotopic (exact) mass is 332 g/mol. The Morgan fingerprint density at radius 1 is 1.19 bits per heavy atom. The fourth-order valence-electron chi connectivity index (χ4n) is 1.80. The third kappa shape index (κ3) is 5.83. The van der Waals surface area contributed by atoms with Crippen molar-refractivity contribution >= 4 is 36.2 Å². The zero-order chi connectivity index (χ0) is 13.7. The Kier molecular flexibility index (Phi) is 8.85. The van der Waals surface area contributed by atoms with Crippen LogP contribution in [0.4, 0.5) is 11.4 Å². The molecule has 0 aliphatic carbocycles. The molecule has 21 heavy (non-hydrogen) atoms. The molecule has 1 aromatic carbocycles. The van der Waals surface area contributed by atoms with Crippen molar-refractivity contribution in [2.75, 3.05) is 30.9 Å². The molecule has 1 aromatic heterocycles. The van der Waals surface area contributed by atoms with Crippen molar-refractivity contribution < 1.29 is 5.11 Å². The molecule has 0 saturated heterocycles.